The molecule has 134 valence electrons. The maximum atomic E-state index is 12.1. The Morgan fingerprint density at radius 2 is 2.00 bits per heavy atom. The number of ether oxygens (including phenoxy) is 1. The Labute approximate surface area is 144 Å². The molecular formula is C18H29N3O3. The fourth-order valence-corrected chi connectivity index (χ4v) is 2.96. The van der Waals surface area contributed by atoms with E-state index in [1.54, 1.807) is 17.2 Å². The van der Waals surface area contributed by atoms with E-state index in [0.29, 0.717) is 18.2 Å². The molecule has 24 heavy (non-hydrogen) atoms. The van der Waals surface area contributed by atoms with Crippen LogP contribution in [0.25, 0.3) is 0 Å². The molecule has 0 saturated carbocycles. The largest absolute Gasteiger partial charge is 0.444 e. The first-order valence-corrected chi connectivity index (χ1v) is 8.57. The maximum Gasteiger partial charge on any atom is 0.410 e. The van der Waals surface area contributed by atoms with E-state index in [1.807, 2.05) is 33.9 Å². The van der Waals surface area contributed by atoms with E-state index in [0.717, 1.165) is 32.5 Å². The SMILES string of the molecule is CN(CC(=O)c1ccc[nH]1)CC1CCN(C(=O)OC(C)(C)C)CC1. The number of likely N-dealkylation sites (N-methyl/N-ethyl adjacent to an activating group) is 1. The molecule has 1 fully saturated rings. The minimum absolute atomic E-state index is 0.105. The lowest BCUT2D eigenvalue weighted by Crippen LogP contribution is -2.43. The average molecular weight is 335 g/mol. The molecule has 0 aromatic carbocycles. The number of aromatic nitrogens is 1. The molecule has 1 N–H and O–H groups in total. The number of hydrogen-bond donors (Lipinski definition) is 1. The van der Waals surface area contributed by atoms with Crippen molar-refractivity contribution in [2.24, 2.45) is 5.92 Å². The second-order valence-corrected chi connectivity index (χ2v) is 7.61. The van der Waals surface area contributed by atoms with Crippen LogP contribution in [0.3, 0.4) is 0 Å². The molecule has 1 aliphatic rings. The van der Waals surface area contributed by atoms with Gasteiger partial charge in [-0.3, -0.25) is 9.69 Å². The molecule has 6 heteroatoms. The third-order valence-electron chi connectivity index (χ3n) is 4.15. The van der Waals surface area contributed by atoms with E-state index in [-0.39, 0.29) is 11.9 Å². The molecule has 2 rings (SSSR count). The fourth-order valence-electron chi connectivity index (χ4n) is 2.96. The number of carbonyl (C=O) groups is 2. The number of nitrogens with one attached hydrogen (secondary N) is 1. The van der Waals surface area contributed by atoms with Crippen molar-refractivity contribution in [2.45, 2.75) is 39.2 Å². The molecule has 6 nitrogen and oxygen atoms in total. The highest BCUT2D eigenvalue weighted by atomic mass is 16.6. The number of amides is 1. The first kappa shape index (κ1) is 18.5. The summed E-state index contributed by atoms with van der Waals surface area (Å²) >= 11 is 0. The molecule has 0 unspecified atom stereocenters. The summed E-state index contributed by atoms with van der Waals surface area (Å²) in [4.78, 5) is 31.0. The van der Waals surface area contributed by atoms with E-state index < -0.39 is 5.60 Å². The van der Waals surface area contributed by atoms with Crippen molar-refractivity contribution in [1.82, 2.24) is 14.8 Å². The van der Waals surface area contributed by atoms with Crippen LogP contribution in [0.4, 0.5) is 4.79 Å². The number of aromatic amines is 1. The Morgan fingerprint density at radius 3 is 2.54 bits per heavy atom. The lowest BCUT2D eigenvalue weighted by atomic mass is 9.96. The van der Waals surface area contributed by atoms with Crippen LogP contribution in [-0.2, 0) is 4.74 Å². The van der Waals surface area contributed by atoms with Gasteiger partial charge in [-0.25, -0.2) is 4.79 Å². The molecule has 0 bridgehead atoms. The van der Waals surface area contributed by atoms with Crippen LogP contribution in [-0.4, -0.2) is 65.5 Å². The molecule has 2 heterocycles. The van der Waals surface area contributed by atoms with Crippen LogP contribution >= 0.6 is 0 Å². The van der Waals surface area contributed by atoms with Gasteiger partial charge in [-0.15, -0.1) is 0 Å². The highest BCUT2D eigenvalue weighted by molar-refractivity contribution is 5.95. The second kappa shape index (κ2) is 7.83. The number of nitrogens with zero attached hydrogens (tertiary/aromatic N) is 2. The van der Waals surface area contributed by atoms with E-state index in [9.17, 15) is 9.59 Å². The zero-order chi connectivity index (χ0) is 17.7. The number of Topliss-reactive ketones (excluding diaryl/α,β-unsaturated/α-hetero) is 1. The van der Waals surface area contributed by atoms with E-state index in [1.165, 1.54) is 0 Å². The Hall–Kier alpha value is -1.82. The van der Waals surface area contributed by atoms with Gasteiger partial charge in [0.05, 0.1) is 12.2 Å². The Balaban J connectivity index is 1.72. The van der Waals surface area contributed by atoms with Crippen LogP contribution in [0.15, 0.2) is 18.3 Å². The van der Waals surface area contributed by atoms with E-state index >= 15 is 0 Å². The normalized spacial score (nSPS) is 16.5. The van der Waals surface area contributed by atoms with Crippen LogP contribution in [0, 0.1) is 5.92 Å². The fraction of sp³-hybridized carbons (Fsp3) is 0.667. The topological polar surface area (TPSA) is 65.6 Å². The van der Waals surface area contributed by atoms with Crippen LogP contribution < -0.4 is 0 Å². The number of H-pyrrole nitrogens is 1. The molecule has 1 aromatic heterocycles. The average Bonchev–Trinajstić information content (AvgIpc) is 3.00. The predicted molar refractivity (Wildman–Crippen MR) is 93.2 cm³/mol. The van der Waals surface area contributed by atoms with Crippen molar-refractivity contribution in [2.75, 3.05) is 33.2 Å². The summed E-state index contributed by atoms with van der Waals surface area (Å²) in [6.07, 6.45) is 3.43. The summed E-state index contributed by atoms with van der Waals surface area (Å²) < 4.78 is 5.42. The summed E-state index contributed by atoms with van der Waals surface area (Å²) in [6, 6.07) is 3.63. The molecule has 0 aliphatic carbocycles. The maximum absolute atomic E-state index is 12.1. The number of likely N-dealkylation sites (tertiary alicyclic amines) is 1. The molecule has 1 aromatic rings. The Morgan fingerprint density at radius 1 is 1.33 bits per heavy atom. The summed E-state index contributed by atoms with van der Waals surface area (Å²) in [7, 11) is 1.97. The van der Waals surface area contributed by atoms with Gasteiger partial charge in [0.2, 0.25) is 0 Å². The third kappa shape index (κ3) is 5.67. The monoisotopic (exact) mass is 335 g/mol. The van der Waals surface area contributed by atoms with Crippen molar-refractivity contribution in [3.05, 3.63) is 24.0 Å². The van der Waals surface area contributed by atoms with Crippen molar-refractivity contribution < 1.29 is 14.3 Å². The van der Waals surface area contributed by atoms with Crippen LogP contribution in [0.5, 0.6) is 0 Å². The lowest BCUT2D eigenvalue weighted by molar-refractivity contribution is 0.0174. The van der Waals surface area contributed by atoms with Gasteiger partial charge in [0.25, 0.3) is 0 Å². The van der Waals surface area contributed by atoms with Gasteiger partial charge < -0.3 is 14.6 Å². The summed E-state index contributed by atoms with van der Waals surface area (Å²) in [6.45, 7) is 8.37. The van der Waals surface area contributed by atoms with Crippen LogP contribution in [0.1, 0.15) is 44.1 Å². The minimum Gasteiger partial charge on any atom is -0.444 e. The quantitative estimate of drug-likeness (QED) is 0.840. The lowest BCUT2D eigenvalue weighted by Gasteiger charge is -2.34. The molecule has 0 spiro atoms. The van der Waals surface area contributed by atoms with Gasteiger partial charge in [-0.05, 0) is 58.7 Å². The first-order valence-electron chi connectivity index (χ1n) is 8.57. The molecule has 1 amide bonds. The Bertz CT molecular complexity index is 540. The van der Waals surface area contributed by atoms with E-state index in [4.69, 9.17) is 4.74 Å². The zero-order valence-electron chi connectivity index (χ0n) is 15.2. The minimum atomic E-state index is -0.452. The molecule has 1 aliphatic heterocycles. The molecule has 1 saturated heterocycles. The second-order valence-electron chi connectivity index (χ2n) is 7.61. The number of carbonyl (C=O) groups excluding carboxylic acids is 2. The summed E-state index contributed by atoms with van der Waals surface area (Å²) in [5.74, 6) is 0.610. The highest BCUT2D eigenvalue weighted by Gasteiger charge is 2.27. The van der Waals surface area contributed by atoms with Gasteiger partial charge in [0.1, 0.15) is 5.60 Å². The van der Waals surface area contributed by atoms with Gasteiger partial charge >= 0.3 is 6.09 Å². The Kier molecular flexibility index (Phi) is 6.04. The van der Waals surface area contributed by atoms with Crippen molar-refractivity contribution in [3.8, 4) is 0 Å². The summed E-state index contributed by atoms with van der Waals surface area (Å²) in [5.41, 5.74) is 0.202. The van der Waals surface area contributed by atoms with Crippen molar-refractivity contribution in [1.29, 1.82) is 0 Å². The number of ketones is 1. The number of hydrogen-bond acceptors (Lipinski definition) is 4. The van der Waals surface area contributed by atoms with Gasteiger partial charge in [-0.1, -0.05) is 0 Å². The number of piperidine rings is 1. The molecule has 0 atom stereocenters. The third-order valence-corrected chi connectivity index (χ3v) is 4.15. The van der Waals surface area contributed by atoms with Gasteiger partial charge in [-0.2, -0.15) is 0 Å². The van der Waals surface area contributed by atoms with Crippen molar-refractivity contribution >= 4 is 11.9 Å². The summed E-state index contributed by atoms with van der Waals surface area (Å²) in [5, 5.41) is 0. The van der Waals surface area contributed by atoms with Crippen LogP contribution in [0.2, 0.25) is 0 Å². The zero-order valence-corrected chi connectivity index (χ0v) is 15.2. The first-order chi connectivity index (χ1) is 11.2. The van der Waals surface area contributed by atoms with E-state index in [2.05, 4.69) is 9.88 Å². The predicted octanol–water partition coefficient (Wildman–Crippen LogP) is 2.78. The molecular weight excluding hydrogens is 306 g/mol. The molecule has 0 radical (unpaired) electrons. The van der Waals surface area contributed by atoms with Gasteiger partial charge in [0, 0.05) is 25.8 Å². The van der Waals surface area contributed by atoms with Gasteiger partial charge in [0.15, 0.2) is 5.78 Å². The highest BCUT2D eigenvalue weighted by Crippen LogP contribution is 2.20. The number of rotatable bonds is 5. The smallest absolute Gasteiger partial charge is 0.410 e. The standard InChI is InChI=1S/C18H29N3O3/c1-18(2,3)24-17(23)21-10-7-14(8-11-21)12-20(4)13-16(22)15-6-5-9-19-15/h5-6,9,14,19H,7-8,10-13H2,1-4H3. The van der Waals surface area contributed by atoms with Crippen molar-refractivity contribution in [3.63, 3.8) is 0 Å².